The first-order chi connectivity index (χ1) is 8.38. The number of hydrogen-bond donors (Lipinski definition) is 0. The summed E-state index contributed by atoms with van der Waals surface area (Å²) < 4.78 is 1.90. The van der Waals surface area contributed by atoms with E-state index in [1.54, 1.807) is 0 Å². The second-order valence-electron chi connectivity index (χ2n) is 4.41. The van der Waals surface area contributed by atoms with E-state index in [1.807, 2.05) is 29.0 Å². The Hall–Kier alpha value is -2.08. The third kappa shape index (κ3) is 1.72. The molecule has 0 aromatic carbocycles. The normalized spacial score (nSPS) is 19.9. The first kappa shape index (κ1) is 10.1. The van der Waals surface area contributed by atoms with Crippen molar-refractivity contribution in [3.63, 3.8) is 0 Å². The Labute approximate surface area is 100.0 Å². The lowest BCUT2D eigenvalue weighted by molar-refractivity contribution is 0.604. The van der Waals surface area contributed by atoms with E-state index < -0.39 is 0 Å². The van der Waals surface area contributed by atoms with Crippen LogP contribution in [0.5, 0.6) is 0 Å². The molecule has 0 aliphatic heterocycles. The van der Waals surface area contributed by atoms with E-state index in [0.717, 1.165) is 24.8 Å². The number of rotatable bonds is 1. The molecule has 0 saturated carbocycles. The minimum atomic E-state index is 0.198. The number of aromatic nitrogens is 2. The molecule has 84 valence electrons. The molecule has 1 aliphatic carbocycles. The molecule has 2 aromatic heterocycles. The van der Waals surface area contributed by atoms with Crippen LogP contribution in [-0.4, -0.2) is 9.61 Å². The Morgan fingerprint density at radius 3 is 3.12 bits per heavy atom. The first-order valence-corrected chi connectivity index (χ1v) is 5.90. The molecule has 3 rings (SSSR count). The molecule has 0 amide bonds. The van der Waals surface area contributed by atoms with Crippen molar-refractivity contribution < 1.29 is 0 Å². The average molecular weight is 223 g/mol. The van der Waals surface area contributed by atoms with Crippen molar-refractivity contribution in [2.45, 2.75) is 19.3 Å². The van der Waals surface area contributed by atoms with Crippen LogP contribution in [0.3, 0.4) is 0 Å². The summed E-state index contributed by atoms with van der Waals surface area (Å²) in [5, 5.41) is 13.1. The van der Waals surface area contributed by atoms with Crippen molar-refractivity contribution in [2.75, 3.05) is 0 Å². The van der Waals surface area contributed by atoms with Crippen LogP contribution in [0.25, 0.3) is 11.1 Å². The summed E-state index contributed by atoms with van der Waals surface area (Å²) in [6, 6.07) is 8.54. The van der Waals surface area contributed by atoms with Gasteiger partial charge in [-0.25, -0.2) is 4.52 Å². The molecule has 1 aliphatic rings. The van der Waals surface area contributed by atoms with Gasteiger partial charge in [0.15, 0.2) is 0 Å². The van der Waals surface area contributed by atoms with Gasteiger partial charge in [0.2, 0.25) is 0 Å². The van der Waals surface area contributed by atoms with E-state index in [4.69, 9.17) is 5.26 Å². The van der Waals surface area contributed by atoms with Gasteiger partial charge in [0.05, 0.1) is 17.5 Å². The number of allylic oxidation sites excluding steroid dienone is 2. The van der Waals surface area contributed by atoms with Crippen LogP contribution < -0.4 is 0 Å². The van der Waals surface area contributed by atoms with E-state index in [1.165, 1.54) is 11.1 Å². The monoisotopic (exact) mass is 223 g/mol. The minimum absolute atomic E-state index is 0.198. The molecule has 2 aromatic rings. The average Bonchev–Trinajstić information content (AvgIpc) is 2.87. The predicted molar refractivity (Wildman–Crippen MR) is 66.1 cm³/mol. The number of nitriles is 1. The third-order valence-corrected chi connectivity index (χ3v) is 3.38. The van der Waals surface area contributed by atoms with Gasteiger partial charge in [-0.3, -0.25) is 0 Å². The van der Waals surface area contributed by atoms with Crippen molar-refractivity contribution in [3.05, 3.63) is 42.2 Å². The summed E-state index contributed by atoms with van der Waals surface area (Å²) in [5.41, 5.74) is 3.75. The van der Waals surface area contributed by atoms with Crippen molar-refractivity contribution in [1.29, 1.82) is 5.26 Å². The van der Waals surface area contributed by atoms with Crippen molar-refractivity contribution >= 4 is 11.1 Å². The Morgan fingerprint density at radius 1 is 1.41 bits per heavy atom. The maximum Gasteiger partial charge on any atom is 0.0736 e. The fraction of sp³-hybridized carbons (Fsp3) is 0.286. The summed E-state index contributed by atoms with van der Waals surface area (Å²) >= 11 is 0. The van der Waals surface area contributed by atoms with Crippen LogP contribution in [0.4, 0.5) is 0 Å². The van der Waals surface area contributed by atoms with Gasteiger partial charge in [0.1, 0.15) is 0 Å². The smallest absolute Gasteiger partial charge is 0.0736 e. The highest BCUT2D eigenvalue weighted by molar-refractivity contribution is 5.78. The van der Waals surface area contributed by atoms with E-state index in [-0.39, 0.29) is 5.92 Å². The number of fused-ring (bicyclic) bond motifs is 1. The number of hydrogen-bond acceptors (Lipinski definition) is 2. The molecule has 0 bridgehead atoms. The SMILES string of the molecule is N#C[C@@H]1CC=C(c2cccn3nccc23)CC1. The zero-order chi connectivity index (χ0) is 11.7. The van der Waals surface area contributed by atoms with Crippen molar-refractivity contribution in [2.24, 2.45) is 5.92 Å². The zero-order valence-corrected chi connectivity index (χ0v) is 9.50. The summed E-state index contributed by atoms with van der Waals surface area (Å²) in [7, 11) is 0. The zero-order valence-electron chi connectivity index (χ0n) is 9.50. The molecule has 0 radical (unpaired) electrons. The Kier molecular flexibility index (Phi) is 2.41. The highest BCUT2D eigenvalue weighted by Crippen LogP contribution is 2.31. The molecule has 0 N–H and O–H groups in total. The quantitative estimate of drug-likeness (QED) is 0.745. The molecular weight excluding hydrogens is 210 g/mol. The standard InChI is InChI=1S/C14H13N3/c15-10-11-3-5-12(6-4-11)13-2-1-9-17-14(13)7-8-16-17/h1-2,5,7-9,11H,3-4,6H2/t11-/m1/s1. The fourth-order valence-corrected chi connectivity index (χ4v) is 2.42. The second-order valence-corrected chi connectivity index (χ2v) is 4.41. The second kappa shape index (κ2) is 4.06. The third-order valence-electron chi connectivity index (χ3n) is 3.38. The van der Waals surface area contributed by atoms with Gasteiger partial charge in [-0.2, -0.15) is 10.4 Å². The minimum Gasteiger partial charge on any atom is -0.240 e. The van der Waals surface area contributed by atoms with Gasteiger partial charge in [-0.05, 0) is 37.0 Å². The fourth-order valence-electron chi connectivity index (χ4n) is 2.42. The van der Waals surface area contributed by atoms with Crippen molar-refractivity contribution in [3.8, 4) is 6.07 Å². The summed E-state index contributed by atoms with van der Waals surface area (Å²) in [6.45, 7) is 0. The topological polar surface area (TPSA) is 41.1 Å². The molecule has 0 unspecified atom stereocenters. The Bertz CT molecular complexity index is 616. The molecular formula is C14H13N3. The molecule has 2 heterocycles. The van der Waals surface area contributed by atoms with E-state index >= 15 is 0 Å². The van der Waals surface area contributed by atoms with Gasteiger partial charge >= 0.3 is 0 Å². The predicted octanol–water partition coefficient (Wildman–Crippen LogP) is 3.04. The Balaban J connectivity index is 2.03. The lowest BCUT2D eigenvalue weighted by atomic mass is 9.87. The number of pyridine rings is 1. The largest absolute Gasteiger partial charge is 0.240 e. The van der Waals surface area contributed by atoms with E-state index in [9.17, 15) is 0 Å². The molecule has 0 fully saturated rings. The van der Waals surface area contributed by atoms with Crippen LogP contribution >= 0.6 is 0 Å². The van der Waals surface area contributed by atoms with E-state index in [2.05, 4.69) is 23.3 Å². The first-order valence-electron chi connectivity index (χ1n) is 5.90. The Morgan fingerprint density at radius 2 is 2.35 bits per heavy atom. The molecule has 3 nitrogen and oxygen atoms in total. The highest BCUT2D eigenvalue weighted by atomic mass is 15.2. The highest BCUT2D eigenvalue weighted by Gasteiger charge is 2.16. The summed E-state index contributed by atoms with van der Waals surface area (Å²) in [5.74, 6) is 0.198. The molecule has 0 saturated heterocycles. The van der Waals surface area contributed by atoms with Crippen LogP contribution in [0.1, 0.15) is 24.8 Å². The summed E-state index contributed by atoms with van der Waals surface area (Å²) in [4.78, 5) is 0. The van der Waals surface area contributed by atoms with Gasteiger partial charge in [0, 0.05) is 18.0 Å². The maximum absolute atomic E-state index is 8.89. The molecule has 1 atom stereocenters. The molecule has 0 spiro atoms. The van der Waals surface area contributed by atoms with Gasteiger partial charge in [0.25, 0.3) is 0 Å². The lowest BCUT2D eigenvalue weighted by Gasteiger charge is -2.17. The van der Waals surface area contributed by atoms with Crippen LogP contribution in [0.2, 0.25) is 0 Å². The van der Waals surface area contributed by atoms with E-state index in [0.29, 0.717) is 0 Å². The van der Waals surface area contributed by atoms with Crippen LogP contribution in [0.15, 0.2) is 36.7 Å². The summed E-state index contributed by atoms with van der Waals surface area (Å²) in [6.07, 6.45) is 8.82. The van der Waals surface area contributed by atoms with Gasteiger partial charge < -0.3 is 0 Å². The molecule has 17 heavy (non-hydrogen) atoms. The number of nitrogens with zero attached hydrogens (tertiary/aromatic N) is 3. The van der Waals surface area contributed by atoms with Crippen LogP contribution in [0, 0.1) is 17.2 Å². The van der Waals surface area contributed by atoms with Crippen molar-refractivity contribution in [1.82, 2.24) is 9.61 Å². The van der Waals surface area contributed by atoms with Crippen LogP contribution in [-0.2, 0) is 0 Å². The lowest BCUT2D eigenvalue weighted by Crippen LogP contribution is -2.03. The maximum atomic E-state index is 8.89. The molecule has 3 heteroatoms. The van der Waals surface area contributed by atoms with Gasteiger partial charge in [-0.15, -0.1) is 0 Å². The van der Waals surface area contributed by atoms with Gasteiger partial charge in [-0.1, -0.05) is 12.1 Å².